The van der Waals surface area contributed by atoms with Crippen LogP contribution in [0.15, 0.2) is 28.4 Å². The van der Waals surface area contributed by atoms with Crippen LogP contribution in [0.5, 0.6) is 5.75 Å². The lowest BCUT2D eigenvalue weighted by molar-refractivity contribution is -0.384. The minimum absolute atomic E-state index is 0.231. The van der Waals surface area contributed by atoms with E-state index < -0.39 is 4.92 Å². The highest BCUT2D eigenvalue weighted by Gasteiger charge is 2.07. The Bertz CT molecular complexity index is 465. The van der Waals surface area contributed by atoms with Gasteiger partial charge in [-0.25, -0.2) is 0 Å². The van der Waals surface area contributed by atoms with Gasteiger partial charge in [-0.1, -0.05) is 0 Å². The number of phenolic OH excluding ortho intramolecular Hbond substituents is 1. The second-order valence-corrected chi connectivity index (χ2v) is 2.81. The number of benzene rings is 1. The molecule has 0 heterocycles. The summed E-state index contributed by atoms with van der Waals surface area (Å²) < 4.78 is 0. The van der Waals surface area contributed by atoms with Crippen molar-refractivity contribution in [2.24, 2.45) is 21.7 Å². The molecule has 8 nitrogen and oxygen atoms in total. The predicted molar refractivity (Wildman–Crippen MR) is 58.2 cm³/mol. The van der Waals surface area contributed by atoms with Crippen molar-refractivity contribution >= 4 is 17.9 Å². The molecule has 0 radical (unpaired) electrons. The highest BCUT2D eigenvalue weighted by atomic mass is 16.6. The molecule has 1 aromatic rings. The molecule has 0 aliphatic carbocycles. The molecule has 1 aromatic carbocycles. The number of phenols is 1. The van der Waals surface area contributed by atoms with E-state index >= 15 is 0 Å². The van der Waals surface area contributed by atoms with E-state index in [1.165, 1.54) is 18.3 Å². The zero-order chi connectivity index (χ0) is 12.1. The molecule has 0 bridgehead atoms. The van der Waals surface area contributed by atoms with Crippen molar-refractivity contribution in [3.63, 3.8) is 0 Å². The van der Waals surface area contributed by atoms with Crippen LogP contribution in [0.25, 0.3) is 0 Å². The van der Waals surface area contributed by atoms with Crippen LogP contribution < -0.4 is 11.5 Å². The van der Waals surface area contributed by atoms with Gasteiger partial charge >= 0.3 is 0 Å². The van der Waals surface area contributed by atoms with Crippen LogP contribution in [0.3, 0.4) is 0 Å². The van der Waals surface area contributed by atoms with Gasteiger partial charge in [-0.3, -0.25) is 10.1 Å². The van der Waals surface area contributed by atoms with Gasteiger partial charge in [0, 0.05) is 11.6 Å². The monoisotopic (exact) mass is 223 g/mol. The summed E-state index contributed by atoms with van der Waals surface area (Å²) in [6.45, 7) is 0. The van der Waals surface area contributed by atoms with E-state index in [4.69, 9.17) is 11.5 Å². The maximum absolute atomic E-state index is 10.5. The van der Waals surface area contributed by atoms with E-state index in [0.717, 1.165) is 6.07 Å². The molecule has 8 heteroatoms. The summed E-state index contributed by atoms with van der Waals surface area (Å²) in [4.78, 5) is 9.84. The number of nitrogens with two attached hydrogens (primary N) is 2. The lowest BCUT2D eigenvalue weighted by atomic mass is 10.2. The number of guanidine groups is 1. The summed E-state index contributed by atoms with van der Waals surface area (Å²) in [6, 6.07) is 3.54. The average Bonchev–Trinajstić information content (AvgIpc) is 2.16. The fourth-order valence-corrected chi connectivity index (χ4v) is 0.960. The van der Waals surface area contributed by atoms with Gasteiger partial charge in [0.15, 0.2) is 0 Å². The van der Waals surface area contributed by atoms with Crippen molar-refractivity contribution < 1.29 is 10.0 Å². The van der Waals surface area contributed by atoms with Crippen LogP contribution in [0.2, 0.25) is 0 Å². The summed E-state index contributed by atoms with van der Waals surface area (Å²) in [5, 5.41) is 26.4. The van der Waals surface area contributed by atoms with Crippen LogP contribution in [0.1, 0.15) is 5.56 Å². The van der Waals surface area contributed by atoms with Crippen molar-refractivity contribution in [2.75, 3.05) is 0 Å². The normalized spacial score (nSPS) is 10.2. The number of hydrogen-bond acceptors (Lipinski definition) is 5. The summed E-state index contributed by atoms with van der Waals surface area (Å²) >= 11 is 0. The van der Waals surface area contributed by atoms with Crippen molar-refractivity contribution in [3.8, 4) is 5.75 Å². The van der Waals surface area contributed by atoms with Crippen molar-refractivity contribution in [1.29, 1.82) is 0 Å². The molecule has 0 aliphatic heterocycles. The first-order chi connectivity index (χ1) is 7.49. The van der Waals surface area contributed by atoms with E-state index in [9.17, 15) is 15.2 Å². The fraction of sp³-hybridized carbons (Fsp3) is 0. The summed E-state index contributed by atoms with van der Waals surface area (Å²) in [6.07, 6.45) is 1.19. The first-order valence-electron chi connectivity index (χ1n) is 4.09. The van der Waals surface area contributed by atoms with E-state index in [1.54, 1.807) is 0 Å². The van der Waals surface area contributed by atoms with Gasteiger partial charge in [0.25, 0.3) is 5.69 Å². The molecular weight excluding hydrogens is 214 g/mol. The summed E-state index contributed by atoms with van der Waals surface area (Å²) in [5.74, 6) is -0.466. The third kappa shape index (κ3) is 3.25. The number of hydrogen-bond donors (Lipinski definition) is 3. The lowest BCUT2D eigenvalue weighted by Crippen LogP contribution is -2.21. The predicted octanol–water partition coefficient (Wildman–Crippen LogP) is -0.0923. The van der Waals surface area contributed by atoms with Crippen LogP contribution in [0, 0.1) is 10.1 Å². The molecule has 16 heavy (non-hydrogen) atoms. The second kappa shape index (κ2) is 4.73. The Balaban J connectivity index is 3.01. The van der Waals surface area contributed by atoms with E-state index in [-0.39, 0.29) is 17.4 Å². The summed E-state index contributed by atoms with van der Waals surface area (Å²) in [5.41, 5.74) is 10.1. The first-order valence-corrected chi connectivity index (χ1v) is 4.09. The molecule has 0 atom stereocenters. The maximum Gasteiger partial charge on any atom is 0.273 e. The number of nitro benzene ring substituents is 1. The third-order valence-corrected chi connectivity index (χ3v) is 1.52. The number of nitrogens with zero attached hydrogens (tertiary/aromatic N) is 3. The number of non-ortho nitro benzene ring substituents is 1. The van der Waals surface area contributed by atoms with Crippen molar-refractivity contribution in [1.82, 2.24) is 0 Å². The topological polar surface area (TPSA) is 140 Å². The lowest BCUT2D eigenvalue weighted by Gasteiger charge is -1.96. The van der Waals surface area contributed by atoms with Gasteiger partial charge in [0.2, 0.25) is 5.96 Å². The van der Waals surface area contributed by atoms with Crippen LogP contribution >= 0.6 is 0 Å². The molecule has 0 amide bonds. The first kappa shape index (κ1) is 11.4. The molecule has 0 saturated carbocycles. The van der Waals surface area contributed by atoms with Gasteiger partial charge < -0.3 is 16.6 Å². The van der Waals surface area contributed by atoms with Crippen LogP contribution in [0.4, 0.5) is 5.69 Å². The van der Waals surface area contributed by atoms with Crippen LogP contribution in [-0.2, 0) is 0 Å². The molecule has 0 fully saturated rings. The molecule has 0 unspecified atom stereocenters. The standard InChI is InChI=1S/C8H9N5O3/c9-8(10)12-11-4-5-1-6(13(15)16)3-7(14)2-5/h1-4,14H,(H4,9,10,12). The highest BCUT2D eigenvalue weighted by molar-refractivity contribution is 5.83. The van der Waals surface area contributed by atoms with E-state index in [2.05, 4.69) is 10.2 Å². The average molecular weight is 223 g/mol. The fourth-order valence-electron chi connectivity index (χ4n) is 0.960. The zero-order valence-corrected chi connectivity index (χ0v) is 8.07. The minimum Gasteiger partial charge on any atom is -0.508 e. The van der Waals surface area contributed by atoms with Gasteiger partial charge in [0.1, 0.15) is 5.75 Å². The number of rotatable bonds is 3. The van der Waals surface area contributed by atoms with Crippen LogP contribution in [-0.4, -0.2) is 22.2 Å². The van der Waals surface area contributed by atoms with E-state index in [1.807, 2.05) is 0 Å². The van der Waals surface area contributed by atoms with Gasteiger partial charge in [-0.05, 0) is 6.07 Å². The summed E-state index contributed by atoms with van der Waals surface area (Å²) in [7, 11) is 0. The molecule has 0 saturated heterocycles. The van der Waals surface area contributed by atoms with Gasteiger partial charge in [-0.2, -0.15) is 5.10 Å². The minimum atomic E-state index is -0.627. The third-order valence-electron chi connectivity index (χ3n) is 1.52. The molecule has 0 spiro atoms. The van der Waals surface area contributed by atoms with Crippen molar-refractivity contribution in [2.45, 2.75) is 0 Å². The highest BCUT2D eigenvalue weighted by Crippen LogP contribution is 2.20. The Hall–Kier alpha value is -2.64. The van der Waals surface area contributed by atoms with Crippen molar-refractivity contribution in [3.05, 3.63) is 33.9 Å². The van der Waals surface area contributed by atoms with Gasteiger partial charge in [0.05, 0.1) is 17.2 Å². The maximum atomic E-state index is 10.5. The SMILES string of the molecule is NC(N)=NN=Cc1cc(O)cc([N+](=O)[O-])c1. The Morgan fingerprint density at radius 1 is 1.44 bits per heavy atom. The molecular formula is C8H9N5O3. The number of aromatic hydroxyl groups is 1. The Kier molecular flexibility index (Phi) is 3.38. The second-order valence-electron chi connectivity index (χ2n) is 2.81. The van der Waals surface area contributed by atoms with Gasteiger partial charge in [-0.15, -0.1) is 5.10 Å². The Labute approximate surface area is 90.0 Å². The quantitative estimate of drug-likeness (QED) is 0.284. The molecule has 0 aliphatic rings. The number of nitro groups is 1. The molecule has 84 valence electrons. The van der Waals surface area contributed by atoms with E-state index in [0.29, 0.717) is 5.56 Å². The Morgan fingerprint density at radius 2 is 2.12 bits per heavy atom. The zero-order valence-electron chi connectivity index (χ0n) is 8.07. The Morgan fingerprint density at radius 3 is 2.69 bits per heavy atom. The molecule has 1 rings (SSSR count). The largest absolute Gasteiger partial charge is 0.508 e. The molecule has 5 N–H and O–H groups in total. The smallest absolute Gasteiger partial charge is 0.273 e. The molecule has 0 aromatic heterocycles.